The highest BCUT2D eigenvalue weighted by atomic mass is 32.2. The van der Waals surface area contributed by atoms with E-state index in [-0.39, 0.29) is 64.0 Å². The number of hydrogen-bond donors (Lipinski definition) is 2. The summed E-state index contributed by atoms with van der Waals surface area (Å²) in [5, 5.41) is 8.40. The monoisotopic (exact) mass is 909 g/mol. The second-order valence-corrected chi connectivity index (χ2v) is 20.2. The molecule has 4 fully saturated rings. The summed E-state index contributed by atoms with van der Waals surface area (Å²) in [4.78, 5) is 61.0. The summed E-state index contributed by atoms with van der Waals surface area (Å²) < 4.78 is 53.6. The predicted molar refractivity (Wildman–Crippen MR) is 245 cm³/mol. The van der Waals surface area contributed by atoms with Crippen molar-refractivity contribution in [2.75, 3.05) is 49.4 Å². The lowest BCUT2D eigenvalue weighted by molar-refractivity contribution is -0.135. The molecule has 2 N–H and O–H groups in total. The Balaban J connectivity index is 0.788. The van der Waals surface area contributed by atoms with Gasteiger partial charge in [0.15, 0.2) is 11.6 Å². The molecule has 1 spiro atoms. The van der Waals surface area contributed by atoms with E-state index in [0.717, 1.165) is 85.0 Å². The Hall–Kier alpha value is -5.88. The smallest absolute Gasteiger partial charge is 0.301 e. The van der Waals surface area contributed by atoms with Crippen molar-refractivity contribution in [2.45, 2.75) is 90.0 Å². The van der Waals surface area contributed by atoms with Gasteiger partial charge < -0.3 is 14.5 Å². The molecule has 65 heavy (non-hydrogen) atoms. The second-order valence-electron chi connectivity index (χ2n) is 18.4. The zero-order valence-electron chi connectivity index (χ0n) is 37.3. The lowest BCUT2D eigenvalue weighted by Crippen LogP contribution is -2.44. The molecule has 2 unspecified atom stereocenters. The van der Waals surface area contributed by atoms with Gasteiger partial charge in [-0.1, -0.05) is 6.92 Å². The van der Waals surface area contributed by atoms with E-state index in [9.17, 15) is 27.6 Å². The number of rotatable bonds is 11. The number of likely N-dealkylation sites (tertiary alicyclic amines) is 1. The van der Waals surface area contributed by atoms with Crippen LogP contribution in [0.3, 0.4) is 0 Å². The molecule has 9 rings (SSSR count). The summed E-state index contributed by atoms with van der Waals surface area (Å²) in [5.41, 5.74) is 3.49. The van der Waals surface area contributed by atoms with Crippen LogP contribution in [0.5, 0.6) is 11.5 Å². The van der Waals surface area contributed by atoms with Crippen LogP contribution in [0.2, 0.25) is 0 Å². The van der Waals surface area contributed by atoms with Crippen LogP contribution in [0.1, 0.15) is 94.3 Å². The summed E-state index contributed by atoms with van der Waals surface area (Å²) >= 11 is 0. The minimum absolute atomic E-state index is 0.0390. The standard InChI is InChI=1S/C47H56FN9O7S/c1-5-53(3)65(62,63)52-38-12-10-37(48)44(29(38)2)64-33-7-11-39-36(26-33)46(61)57(28-49-39)32-14-17-47(27-32)18-22-56(23-19-47)42(59)24-30-15-20-55(21-16-30)31-6-8-34-40(25-31)54(4)51-43(34)35-9-13-41(58)50-45(35)60/h6-8,10-12,25-26,28,30,32,35,52H,5,9,13-24,27H2,1-4H3,(H,50,58,60). The number of anilines is 2. The zero-order valence-corrected chi connectivity index (χ0v) is 38.1. The van der Waals surface area contributed by atoms with Gasteiger partial charge in [0, 0.05) is 82.3 Å². The van der Waals surface area contributed by atoms with E-state index in [1.54, 1.807) is 42.9 Å². The van der Waals surface area contributed by atoms with Gasteiger partial charge in [-0.05, 0) is 118 Å². The number of ether oxygens (including phenoxy) is 1. The van der Waals surface area contributed by atoms with Crippen molar-refractivity contribution in [2.24, 2.45) is 18.4 Å². The third kappa shape index (κ3) is 8.69. The highest BCUT2D eigenvalue weighted by Gasteiger charge is 2.43. The summed E-state index contributed by atoms with van der Waals surface area (Å²) in [7, 11) is -0.535. The van der Waals surface area contributed by atoms with Gasteiger partial charge in [0.2, 0.25) is 17.7 Å². The first-order valence-electron chi connectivity index (χ1n) is 22.7. The van der Waals surface area contributed by atoms with Crippen LogP contribution in [-0.4, -0.2) is 94.4 Å². The van der Waals surface area contributed by atoms with E-state index in [2.05, 4.69) is 32.1 Å². The fourth-order valence-corrected chi connectivity index (χ4v) is 11.4. The molecule has 2 aromatic heterocycles. The van der Waals surface area contributed by atoms with Gasteiger partial charge in [0.25, 0.3) is 5.56 Å². The number of halogens is 1. The third-order valence-electron chi connectivity index (χ3n) is 14.5. The van der Waals surface area contributed by atoms with E-state index in [1.807, 2.05) is 22.7 Å². The number of benzene rings is 3. The minimum Gasteiger partial charge on any atom is -0.454 e. The lowest BCUT2D eigenvalue weighted by Gasteiger charge is -2.40. The van der Waals surface area contributed by atoms with Crippen LogP contribution < -0.4 is 25.2 Å². The minimum atomic E-state index is -3.86. The largest absolute Gasteiger partial charge is 0.454 e. The topological polar surface area (TPSA) is 181 Å². The average molecular weight is 910 g/mol. The first-order chi connectivity index (χ1) is 31.1. The first-order valence-corrected chi connectivity index (χ1v) is 24.1. The Bertz CT molecular complexity index is 2870. The summed E-state index contributed by atoms with van der Waals surface area (Å²) in [6, 6.07) is 13.5. The van der Waals surface area contributed by atoms with Crippen molar-refractivity contribution >= 4 is 61.1 Å². The quantitative estimate of drug-likeness (QED) is 0.143. The van der Waals surface area contributed by atoms with Crippen molar-refractivity contribution in [3.8, 4) is 11.5 Å². The molecule has 16 nitrogen and oxygen atoms in total. The van der Waals surface area contributed by atoms with Gasteiger partial charge in [-0.15, -0.1) is 0 Å². The number of fused-ring (bicyclic) bond motifs is 2. The molecule has 5 heterocycles. The fraction of sp³-hybridized carbons (Fsp3) is 0.489. The van der Waals surface area contributed by atoms with Crippen molar-refractivity contribution in [1.82, 2.24) is 33.9 Å². The zero-order chi connectivity index (χ0) is 45.8. The number of aromatic nitrogens is 4. The highest BCUT2D eigenvalue weighted by Crippen LogP contribution is 2.50. The maximum atomic E-state index is 15.1. The SMILES string of the molecule is CCN(C)S(=O)(=O)Nc1ccc(F)c(Oc2ccc3ncn(C4CCC5(CCN(C(=O)CC6CCN(c7ccc8c(C9CCC(=O)NC9=O)nn(C)c8c7)CC6)CC5)C4)c(=O)c3c2)c1C. The molecule has 1 aliphatic carbocycles. The van der Waals surface area contributed by atoms with Gasteiger partial charge >= 0.3 is 10.2 Å². The normalized spacial score (nSPS) is 20.6. The number of nitrogens with one attached hydrogen (secondary N) is 2. The molecular weight excluding hydrogens is 854 g/mol. The van der Waals surface area contributed by atoms with E-state index in [4.69, 9.17) is 9.84 Å². The molecule has 18 heteroatoms. The van der Waals surface area contributed by atoms with Crippen molar-refractivity contribution < 1.29 is 31.9 Å². The van der Waals surface area contributed by atoms with E-state index in [1.165, 1.54) is 13.1 Å². The molecule has 3 aromatic carbocycles. The van der Waals surface area contributed by atoms with E-state index in [0.29, 0.717) is 54.9 Å². The molecule has 0 bridgehead atoms. The highest BCUT2D eigenvalue weighted by molar-refractivity contribution is 7.90. The van der Waals surface area contributed by atoms with E-state index < -0.39 is 21.9 Å². The van der Waals surface area contributed by atoms with Crippen LogP contribution in [-0.2, 0) is 31.6 Å². The van der Waals surface area contributed by atoms with Crippen molar-refractivity contribution in [3.63, 3.8) is 0 Å². The van der Waals surface area contributed by atoms with Gasteiger partial charge in [-0.2, -0.15) is 17.8 Å². The third-order valence-corrected chi connectivity index (χ3v) is 16.1. The number of carbonyl (C=O) groups excluding carboxylic acids is 3. The van der Waals surface area contributed by atoms with Crippen LogP contribution in [0.25, 0.3) is 21.8 Å². The second kappa shape index (κ2) is 17.5. The Morgan fingerprint density at radius 2 is 1.75 bits per heavy atom. The molecule has 0 radical (unpaired) electrons. The van der Waals surface area contributed by atoms with Crippen molar-refractivity contribution in [3.05, 3.63) is 82.3 Å². The summed E-state index contributed by atoms with van der Waals surface area (Å²) in [6.45, 7) is 6.62. The fourth-order valence-electron chi connectivity index (χ4n) is 10.4. The summed E-state index contributed by atoms with van der Waals surface area (Å²) in [6.07, 6.45) is 9.13. The van der Waals surface area contributed by atoms with Crippen LogP contribution in [0.15, 0.2) is 59.7 Å². The first kappa shape index (κ1) is 44.3. The van der Waals surface area contributed by atoms with Gasteiger partial charge in [0.1, 0.15) is 5.75 Å². The number of amides is 3. The Morgan fingerprint density at radius 3 is 2.49 bits per heavy atom. The molecule has 3 aliphatic heterocycles. The predicted octanol–water partition coefficient (Wildman–Crippen LogP) is 6.29. The number of piperidine rings is 3. The number of imide groups is 1. The Morgan fingerprint density at radius 1 is 0.985 bits per heavy atom. The van der Waals surface area contributed by atoms with E-state index >= 15 is 4.39 Å². The van der Waals surface area contributed by atoms with Gasteiger partial charge in [-0.25, -0.2) is 9.37 Å². The Labute approximate surface area is 377 Å². The van der Waals surface area contributed by atoms with Crippen LogP contribution in [0.4, 0.5) is 15.8 Å². The number of hydrogen-bond acceptors (Lipinski definition) is 10. The lowest BCUT2D eigenvalue weighted by atomic mass is 9.76. The number of aryl methyl sites for hydroxylation is 1. The molecule has 4 aliphatic rings. The molecule has 2 atom stereocenters. The Kier molecular flexibility index (Phi) is 11.9. The molecule has 3 saturated heterocycles. The maximum absolute atomic E-state index is 15.1. The molecular formula is C47H56FN9O7S. The number of carbonyl (C=O) groups is 3. The average Bonchev–Trinajstić information content (AvgIpc) is 3.86. The molecule has 1 saturated carbocycles. The van der Waals surface area contributed by atoms with Crippen LogP contribution in [0, 0.1) is 24.1 Å². The van der Waals surface area contributed by atoms with Crippen LogP contribution >= 0.6 is 0 Å². The summed E-state index contributed by atoms with van der Waals surface area (Å²) in [5.74, 6) is -1.06. The number of nitrogens with zero attached hydrogens (tertiary/aromatic N) is 7. The van der Waals surface area contributed by atoms with Crippen molar-refractivity contribution in [1.29, 1.82) is 0 Å². The molecule has 5 aromatic rings. The van der Waals surface area contributed by atoms with Gasteiger partial charge in [-0.3, -0.25) is 38.5 Å². The maximum Gasteiger partial charge on any atom is 0.301 e. The molecule has 344 valence electrons. The van der Waals surface area contributed by atoms with Gasteiger partial charge in [0.05, 0.1) is 40.0 Å². The molecule has 3 amide bonds.